The van der Waals surface area contributed by atoms with Gasteiger partial charge in [0.25, 0.3) is 0 Å². The number of benzene rings is 9. The van der Waals surface area contributed by atoms with Gasteiger partial charge >= 0.3 is 0 Å². The van der Waals surface area contributed by atoms with Crippen molar-refractivity contribution < 1.29 is 4.42 Å². The van der Waals surface area contributed by atoms with Crippen molar-refractivity contribution in [2.75, 3.05) is 9.80 Å². The Morgan fingerprint density at radius 3 is 1.08 bits per heavy atom. The Bertz CT molecular complexity index is 3090. The van der Waals surface area contributed by atoms with Crippen LogP contribution in [0.2, 0.25) is 0 Å². The number of para-hydroxylation sites is 1. The van der Waals surface area contributed by atoms with Gasteiger partial charge in [0, 0.05) is 47.0 Å². The van der Waals surface area contributed by atoms with Crippen molar-refractivity contribution >= 4 is 22.7 Å². The fourth-order valence-electron chi connectivity index (χ4n) is 8.26. The van der Waals surface area contributed by atoms with Gasteiger partial charge in [0.2, 0.25) is 11.8 Å². The normalized spacial score (nSPS) is 11.0. The summed E-state index contributed by atoms with van der Waals surface area (Å²) in [5, 5.41) is 8.74. The van der Waals surface area contributed by atoms with Crippen molar-refractivity contribution in [1.82, 2.24) is 10.2 Å². The van der Waals surface area contributed by atoms with Crippen LogP contribution in [0.3, 0.4) is 0 Å². The molecule has 0 aliphatic rings. The van der Waals surface area contributed by atoms with Gasteiger partial charge in [-0.15, -0.1) is 10.2 Å². The van der Waals surface area contributed by atoms with Crippen LogP contribution in [0.15, 0.2) is 235 Å². The van der Waals surface area contributed by atoms with Crippen LogP contribution in [0.4, 0.5) is 22.7 Å². The van der Waals surface area contributed by atoms with Gasteiger partial charge in [0.15, 0.2) is 0 Å². The molecule has 0 saturated carbocycles. The van der Waals surface area contributed by atoms with Crippen molar-refractivity contribution in [3.63, 3.8) is 0 Å². The van der Waals surface area contributed by atoms with Crippen molar-refractivity contribution in [1.29, 1.82) is 0 Å². The molecule has 0 aliphatic heterocycles. The highest BCUT2D eigenvalue weighted by Crippen LogP contribution is 2.36. The maximum absolute atomic E-state index is 6.14. The minimum Gasteiger partial charge on any atom is -0.416 e. The van der Waals surface area contributed by atoms with Crippen molar-refractivity contribution in [3.8, 4) is 56.3 Å². The van der Waals surface area contributed by atoms with Crippen LogP contribution in [-0.2, 0) is 13.1 Å². The number of hydrogen-bond donors (Lipinski definition) is 0. The molecule has 0 bridgehead atoms. The zero-order valence-electron chi connectivity index (χ0n) is 36.6. The van der Waals surface area contributed by atoms with Gasteiger partial charge in [-0.05, 0) is 131 Å². The lowest BCUT2D eigenvalue weighted by Gasteiger charge is -2.26. The molecule has 0 saturated heterocycles. The fourth-order valence-corrected chi connectivity index (χ4v) is 8.26. The van der Waals surface area contributed by atoms with E-state index in [1.54, 1.807) is 0 Å². The Kier molecular flexibility index (Phi) is 11.7. The van der Waals surface area contributed by atoms with E-state index in [2.05, 4.69) is 240 Å². The Labute approximate surface area is 381 Å². The van der Waals surface area contributed by atoms with E-state index in [-0.39, 0.29) is 0 Å². The third kappa shape index (κ3) is 9.41. The van der Waals surface area contributed by atoms with E-state index in [1.165, 1.54) is 44.6 Å². The molecule has 10 aromatic rings. The molecule has 0 spiro atoms. The monoisotopic (exact) mass is 840 g/mol. The molecule has 314 valence electrons. The molecule has 1 aromatic heterocycles. The predicted molar refractivity (Wildman–Crippen MR) is 268 cm³/mol. The van der Waals surface area contributed by atoms with E-state index in [0.717, 1.165) is 58.0 Å². The molecule has 5 heteroatoms. The molecule has 5 nitrogen and oxygen atoms in total. The van der Waals surface area contributed by atoms with Crippen molar-refractivity contribution in [2.45, 2.75) is 26.9 Å². The van der Waals surface area contributed by atoms with Crippen LogP contribution >= 0.6 is 0 Å². The Balaban J connectivity index is 0.825. The summed E-state index contributed by atoms with van der Waals surface area (Å²) >= 11 is 0. The quantitative estimate of drug-likeness (QED) is 0.116. The molecule has 1 heterocycles. The van der Waals surface area contributed by atoms with Crippen LogP contribution in [0, 0.1) is 13.8 Å². The lowest BCUT2D eigenvalue weighted by Crippen LogP contribution is -2.22. The van der Waals surface area contributed by atoms with Gasteiger partial charge in [-0.2, -0.15) is 0 Å². The van der Waals surface area contributed by atoms with Crippen molar-refractivity contribution in [2.24, 2.45) is 0 Å². The molecular weight excluding hydrogens is 793 g/mol. The van der Waals surface area contributed by atoms with Gasteiger partial charge in [0.1, 0.15) is 0 Å². The van der Waals surface area contributed by atoms with Crippen LogP contribution in [0.1, 0.15) is 22.3 Å². The maximum atomic E-state index is 6.14. The third-order valence-corrected chi connectivity index (χ3v) is 11.9. The summed E-state index contributed by atoms with van der Waals surface area (Å²) in [5.41, 5.74) is 18.3. The van der Waals surface area contributed by atoms with Gasteiger partial charge in [0.05, 0.1) is 0 Å². The summed E-state index contributed by atoms with van der Waals surface area (Å²) in [6.45, 7) is 5.79. The lowest BCUT2D eigenvalue weighted by molar-refractivity contribution is 0.584. The lowest BCUT2D eigenvalue weighted by atomic mass is 10.0. The van der Waals surface area contributed by atoms with Crippen LogP contribution in [0.25, 0.3) is 56.3 Å². The molecule has 0 fully saturated rings. The number of aromatic nitrogens is 2. The Morgan fingerprint density at radius 1 is 0.308 bits per heavy atom. The molecule has 10 rings (SSSR count). The first-order chi connectivity index (χ1) is 32.0. The van der Waals surface area contributed by atoms with E-state index in [9.17, 15) is 0 Å². The SMILES string of the molecule is Cc1ccc(-c2ccc(-c3nnc(-c4ccc(-c5ccc(CN(Cc6ccccc6)c6ccc(-c7ccc(N(c8ccccc8)c8ccc(C)cc8)cc7)cc6)cc5)cc4)o3)cc2)cc1. The average Bonchev–Trinajstić information content (AvgIpc) is 3.87. The zero-order chi connectivity index (χ0) is 44.0. The number of hydrogen-bond acceptors (Lipinski definition) is 5. The summed E-state index contributed by atoms with van der Waals surface area (Å²) in [6.07, 6.45) is 0. The van der Waals surface area contributed by atoms with E-state index in [1.807, 2.05) is 24.3 Å². The summed E-state index contributed by atoms with van der Waals surface area (Å²) in [4.78, 5) is 4.75. The molecule has 0 unspecified atom stereocenters. The van der Waals surface area contributed by atoms with E-state index in [0.29, 0.717) is 11.8 Å². The minimum absolute atomic E-state index is 0.498. The molecule has 0 radical (unpaired) electrons. The summed E-state index contributed by atoms with van der Waals surface area (Å²) in [5.74, 6) is 1.00. The topological polar surface area (TPSA) is 45.4 Å². The Morgan fingerprint density at radius 2 is 0.615 bits per heavy atom. The average molecular weight is 841 g/mol. The van der Waals surface area contributed by atoms with Gasteiger partial charge in [-0.1, -0.05) is 169 Å². The summed E-state index contributed by atoms with van der Waals surface area (Å²) in [7, 11) is 0. The van der Waals surface area contributed by atoms with E-state index < -0.39 is 0 Å². The molecule has 65 heavy (non-hydrogen) atoms. The second-order valence-electron chi connectivity index (χ2n) is 16.6. The van der Waals surface area contributed by atoms with Crippen LogP contribution in [0.5, 0.6) is 0 Å². The molecule has 0 atom stereocenters. The van der Waals surface area contributed by atoms with Gasteiger partial charge in [-0.25, -0.2) is 0 Å². The Hall–Kier alpha value is -8.28. The molecule has 0 N–H and O–H groups in total. The summed E-state index contributed by atoms with van der Waals surface area (Å²) < 4.78 is 6.14. The standard InChI is InChI=1S/C60H48N4O/c1-43-13-19-47(20-14-43)49-23-27-53(28-24-49)59-61-62-60(65-59)54-29-25-50(26-30-54)48-21-17-46(18-22-48)42-63(41-45-9-5-3-6-10-45)55-37-31-51(32-38-55)52-33-39-58(40-34-52)64(56-11-7-4-8-12-56)57-35-15-44(2)16-36-57/h3-40H,41-42H2,1-2H3. The smallest absolute Gasteiger partial charge is 0.248 e. The largest absolute Gasteiger partial charge is 0.416 e. The molecule has 9 aromatic carbocycles. The second kappa shape index (κ2) is 18.6. The maximum Gasteiger partial charge on any atom is 0.248 e. The zero-order valence-corrected chi connectivity index (χ0v) is 36.6. The van der Waals surface area contributed by atoms with E-state index >= 15 is 0 Å². The molecular formula is C60H48N4O. The highest BCUT2D eigenvalue weighted by molar-refractivity contribution is 5.79. The fraction of sp³-hybridized carbons (Fsp3) is 0.0667. The third-order valence-electron chi connectivity index (χ3n) is 11.9. The number of rotatable bonds is 13. The first kappa shape index (κ1) is 40.8. The molecule has 0 aliphatic carbocycles. The predicted octanol–water partition coefficient (Wildman–Crippen LogP) is 15.7. The first-order valence-corrected chi connectivity index (χ1v) is 22.1. The van der Waals surface area contributed by atoms with Crippen LogP contribution < -0.4 is 9.80 Å². The number of anilines is 4. The minimum atomic E-state index is 0.498. The first-order valence-electron chi connectivity index (χ1n) is 22.1. The van der Waals surface area contributed by atoms with Crippen molar-refractivity contribution in [3.05, 3.63) is 253 Å². The highest BCUT2D eigenvalue weighted by atomic mass is 16.4. The van der Waals surface area contributed by atoms with Crippen LogP contribution in [-0.4, -0.2) is 10.2 Å². The second-order valence-corrected chi connectivity index (χ2v) is 16.6. The molecule has 0 amide bonds. The van der Waals surface area contributed by atoms with Gasteiger partial charge < -0.3 is 14.2 Å². The number of aryl methyl sites for hydroxylation is 2. The van der Waals surface area contributed by atoms with Gasteiger partial charge in [-0.3, -0.25) is 0 Å². The number of nitrogens with zero attached hydrogens (tertiary/aromatic N) is 4. The highest BCUT2D eigenvalue weighted by Gasteiger charge is 2.15. The van der Waals surface area contributed by atoms with E-state index in [4.69, 9.17) is 4.42 Å². The summed E-state index contributed by atoms with van der Waals surface area (Å²) in [6, 6.07) is 81.8.